The second-order valence-corrected chi connectivity index (χ2v) is 9.71. The largest absolute Gasteiger partial charge is 0.493 e. The van der Waals surface area contributed by atoms with Gasteiger partial charge >= 0.3 is 0 Å². The average molecular weight is 427 g/mol. The van der Waals surface area contributed by atoms with Crippen molar-refractivity contribution in [2.75, 3.05) is 20.8 Å². The van der Waals surface area contributed by atoms with Crippen LogP contribution in [-0.2, 0) is 11.2 Å². The van der Waals surface area contributed by atoms with Crippen molar-refractivity contribution in [3.05, 3.63) is 59.2 Å². The molecule has 2 atom stereocenters. The number of nitrogens with zero attached hydrogens (tertiary/aromatic N) is 1. The Balaban J connectivity index is 1.58. The lowest BCUT2D eigenvalue weighted by Crippen LogP contribution is -2.52. The van der Waals surface area contributed by atoms with Crippen LogP contribution in [0, 0.1) is 0 Å². The summed E-state index contributed by atoms with van der Waals surface area (Å²) in [6, 6.07) is 13.2. The number of benzene rings is 2. The highest BCUT2D eigenvalue weighted by atomic mass is 32.2. The third-order valence-corrected chi connectivity index (χ3v) is 7.24. The van der Waals surface area contributed by atoms with Gasteiger partial charge in [0, 0.05) is 16.9 Å². The number of methoxy groups -OCH3 is 2. The Kier molecular flexibility index (Phi) is 5.40. The van der Waals surface area contributed by atoms with E-state index in [0.29, 0.717) is 23.6 Å². The topological polar surface area (TPSA) is 67.9 Å². The number of hydrogen-bond donors (Lipinski definition) is 1. The van der Waals surface area contributed by atoms with Crippen LogP contribution >= 0.6 is 11.8 Å². The molecule has 2 amide bonds. The summed E-state index contributed by atoms with van der Waals surface area (Å²) in [4.78, 5) is 28.3. The van der Waals surface area contributed by atoms with E-state index in [1.165, 1.54) is 7.11 Å². The summed E-state index contributed by atoms with van der Waals surface area (Å²) < 4.78 is 10.4. The maximum atomic E-state index is 13.4. The van der Waals surface area contributed by atoms with Crippen molar-refractivity contribution in [1.29, 1.82) is 0 Å². The van der Waals surface area contributed by atoms with Crippen LogP contribution in [0.3, 0.4) is 0 Å². The van der Waals surface area contributed by atoms with Gasteiger partial charge in [0.25, 0.3) is 5.91 Å². The predicted molar refractivity (Wildman–Crippen MR) is 117 cm³/mol. The number of rotatable bonds is 6. The van der Waals surface area contributed by atoms with Crippen LogP contribution in [0.2, 0.25) is 0 Å². The Bertz CT molecular complexity index is 977. The lowest BCUT2D eigenvalue weighted by Gasteiger charge is -2.29. The zero-order valence-corrected chi connectivity index (χ0v) is 18.4. The van der Waals surface area contributed by atoms with Gasteiger partial charge in [-0.15, -0.1) is 11.8 Å². The molecule has 0 bridgehead atoms. The summed E-state index contributed by atoms with van der Waals surface area (Å²) in [5.41, 5.74) is 2.53. The van der Waals surface area contributed by atoms with Crippen LogP contribution in [0.15, 0.2) is 42.5 Å². The van der Waals surface area contributed by atoms with E-state index in [9.17, 15) is 9.59 Å². The molecule has 0 spiro atoms. The van der Waals surface area contributed by atoms with Crippen LogP contribution in [-0.4, -0.2) is 48.3 Å². The molecule has 1 saturated heterocycles. The molecule has 6 nitrogen and oxygen atoms in total. The first-order chi connectivity index (χ1) is 14.4. The number of thioether (sulfide) groups is 1. The standard InChI is InChI=1S/C23H26N2O4S/c1-23(2)19(20(26)24-13-12-14-8-6-5-7-9-14)25-21(27)17-15(22(25)30-23)10-11-16(28-3)18(17)29-4/h5-11,19,22H,12-13H2,1-4H3,(H,24,26)/t19-,22-/m1/s1. The molecule has 1 fully saturated rings. The second kappa shape index (κ2) is 7.87. The second-order valence-electron chi connectivity index (χ2n) is 7.98. The minimum absolute atomic E-state index is 0.127. The highest BCUT2D eigenvalue weighted by Gasteiger charge is 2.58. The van der Waals surface area contributed by atoms with Crippen LogP contribution in [0.1, 0.15) is 40.7 Å². The first kappa shape index (κ1) is 20.6. The zero-order chi connectivity index (χ0) is 21.5. The van der Waals surface area contributed by atoms with Gasteiger partial charge in [0.2, 0.25) is 5.91 Å². The number of nitrogens with one attached hydrogen (secondary N) is 1. The molecule has 7 heteroatoms. The smallest absolute Gasteiger partial charge is 0.260 e. The molecule has 2 aliphatic rings. The molecule has 2 heterocycles. The Morgan fingerprint density at radius 1 is 1.13 bits per heavy atom. The summed E-state index contributed by atoms with van der Waals surface area (Å²) in [6.45, 7) is 4.56. The van der Waals surface area contributed by atoms with E-state index in [0.717, 1.165) is 17.5 Å². The first-order valence-electron chi connectivity index (χ1n) is 9.96. The molecule has 0 aliphatic carbocycles. The lowest BCUT2D eigenvalue weighted by molar-refractivity contribution is -0.126. The number of hydrogen-bond acceptors (Lipinski definition) is 5. The van der Waals surface area contributed by atoms with Crippen molar-refractivity contribution >= 4 is 23.6 Å². The lowest BCUT2D eigenvalue weighted by atomic mass is 10.0. The third kappa shape index (κ3) is 3.31. The van der Waals surface area contributed by atoms with Gasteiger partial charge in [-0.3, -0.25) is 9.59 Å². The van der Waals surface area contributed by atoms with Gasteiger partial charge in [-0.2, -0.15) is 0 Å². The fraction of sp³-hybridized carbons (Fsp3) is 0.391. The molecule has 0 unspecified atom stereocenters. The highest BCUT2D eigenvalue weighted by molar-refractivity contribution is 8.01. The van der Waals surface area contributed by atoms with Gasteiger partial charge in [0.05, 0.1) is 19.8 Å². The predicted octanol–water partition coefficient (Wildman–Crippen LogP) is 3.41. The zero-order valence-electron chi connectivity index (χ0n) is 17.6. The SMILES string of the molecule is COc1ccc2c(c1OC)C(=O)N1[C@@H]2SC(C)(C)[C@H]1C(=O)NCCc1ccccc1. The molecule has 30 heavy (non-hydrogen) atoms. The Morgan fingerprint density at radius 2 is 1.87 bits per heavy atom. The van der Waals surface area contributed by atoms with Crippen molar-refractivity contribution in [1.82, 2.24) is 10.2 Å². The molecule has 1 N–H and O–H groups in total. The summed E-state index contributed by atoms with van der Waals surface area (Å²) in [7, 11) is 3.07. The van der Waals surface area contributed by atoms with Crippen LogP contribution in [0.4, 0.5) is 0 Å². The Labute approximate surface area is 180 Å². The van der Waals surface area contributed by atoms with Crippen LogP contribution in [0.5, 0.6) is 11.5 Å². The van der Waals surface area contributed by atoms with Crippen LogP contribution < -0.4 is 14.8 Å². The molecular weight excluding hydrogens is 400 g/mol. The average Bonchev–Trinajstić information content (AvgIpc) is 3.17. The number of carbonyl (C=O) groups is 2. The van der Waals surface area contributed by atoms with E-state index >= 15 is 0 Å². The molecule has 0 aromatic heterocycles. The normalized spacial score (nSPS) is 21.2. The van der Waals surface area contributed by atoms with E-state index < -0.39 is 10.8 Å². The molecule has 2 aliphatic heterocycles. The molecule has 0 saturated carbocycles. The van der Waals surface area contributed by atoms with Gasteiger partial charge in [0.15, 0.2) is 11.5 Å². The van der Waals surface area contributed by atoms with Crippen molar-refractivity contribution in [2.45, 2.75) is 36.4 Å². The summed E-state index contributed by atoms with van der Waals surface area (Å²) in [5.74, 6) is 0.625. The number of fused-ring (bicyclic) bond motifs is 3. The molecule has 4 rings (SSSR count). The third-order valence-electron chi connectivity index (χ3n) is 5.70. The summed E-state index contributed by atoms with van der Waals surface area (Å²) in [6.07, 6.45) is 0.746. The summed E-state index contributed by atoms with van der Waals surface area (Å²) in [5, 5.41) is 2.82. The van der Waals surface area contributed by atoms with Gasteiger partial charge < -0.3 is 19.7 Å². The number of carbonyl (C=O) groups excluding carboxylic acids is 2. The minimum Gasteiger partial charge on any atom is -0.493 e. The van der Waals surface area contributed by atoms with Crippen molar-refractivity contribution in [3.8, 4) is 11.5 Å². The molecular formula is C23H26N2O4S. The van der Waals surface area contributed by atoms with Gasteiger partial charge in [0.1, 0.15) is 11.4 Å². The van der Waals surface area contributed by atoms with E-state index in [2.05, 4.69) is 5.32 Å². The van der Waals surface area contributed by atoms with Gasteiger partial charge in [-0.25, -0.2) is 0 Å². The fourth-order valence-corrected chi connectivity index (χ4v) is 5.91. The number of ether oxygens (including phenoxy) is 2. The molecule has 158 valence electrons. The van der Waals surface area contributed by atoms with Gasteiger partial charge in [-0.05, 0) is 31.9 Å². The Hall–Kier alpha value is -2.67. The summed E-state index contributed by atoms with van der Waals surface area (Å²) >= 11 is 1.63. The molecule has 2 aromatic carbocycles. The molecule has 2 aromatic rings. The van der Waals surface area contributed by atoms with Crippen molar-refractivity contribution in [2.24, 2.45) is 0 Å². The Morgan fingerprint density at radius 3 is 2.53 bits per heavy atom. The van der Waals surface area contributed by atoms with Crippen molar-refractivity contribution in [3.63, 3.8) is 0 Å². The molecule has 0 radical (unpaired) electrons. The fourth-order valence-electron chi connectivity index (χ4n) is 4.33. The monoisotopic (exact) mass is 426 g/mol. The first-order valence-corrected chi connectivity index (χ1v) is 10.8. The highest BCUT2D eigenvalue weighted by Crippen LogP contribution is 2.58. The quantitative estimate of drug-likeness (QED) is 0.767. The number of amides is 2. The van der Waals surface area contributed by atoms with E-state index in [4.69, 9.17) is 9.47 Å². The maximum absolute atomic E-state index is 13.4. The minimum atomic E-state index is -0.570. The maximum Gasteiger partial charge on any atom is 0.260 e. The van der Waals surface area contributed by atoms with E-state index in [1.807, 2.05) is 56.3 Å². The van der Waals surface area contributed by atoms with E-state index in [-0.39, 0.29) is 17.2 Å². The van der Waals surface area contributed by atoms with Gasteiger partial charge in [-0.1, -0.05) is 36.4 Å². The van der Waals surface area contributed by atoms with Crippen molar-refractivity contribution < 1.29 is 19.1 Å². The van der Waals surface area contributed by atoms with E-state index in [1.54, 1.807) is 23.8 Å². The van der Waals surface area contributed by atoms with Crippen LogP contribution in [0.25, 0.3) is 0 Å².